The monoisotopic (exact) mass is 460 g/mol. The zero-order valence-corrected chi connectivity index (χ0v) is 18.3. The number of hydrogen-bond donors (Lipinski definition) is 0. The van der Waals surface area contributed by atoms with Crippen LogP contribution in [0.1, 0.15) is 0 Å². The van der Waals surface area contributed by atoms with Gasteiger partial charge in [0.25, 0.3) is 0 Å². The Labute approximate surface area is 195 Å². The number of aromatic nitrogens is 4. The van der Waals surface area contributed by atoms with Gasteiger partial charge in [-0.2, -0.15) is 5.10 Å². The average Bonchev–Trinajstić information content (AvgIpc) is 3.29. The summed E-state index contributed by atoms with van der Waals surface area (Å²) in [5.74, 6) is -0.0861. The molecular weight excluding hydrogens is 438 g/mol. The molecule has 1 saturated heterocycles. The van der Waals surface area contributed by atoms with E-state index in [1.165, 1.54) is 24.3 Å². The molecule has 4 aromatic rings. The molecule has 1 aliphatic heterocycles. The molecule has 1 fully saturated rings. The van der Waals surface area contributed by atoms with Crippen molar-refractivity contribution in [2.45, 2.75) is 6.54 Å². The molecule has 0 radical (unpaired) electrons. The lowest BCUT2D eigenvalue weighted by Gasteiger charge is -2.34. The maximum atomic E-state index is 13.5. The number of amides is 1. The van der Waals surface area contributed by atoms with Crippen LogP contribution in [0.5, 0.6) is 0 Å². The van der Waals surface area contributed by atoms with Crippen molar-refractivity contribution in [1.29, 1.82) is 0 Å². The molecule has 1 aliphatic rings. The molecule has 9 heteroatoms. The molecule has 34 heavy (non-hydrogen) atoms. The van der Waals surface area contributed by atoms with E-state index >= 15 is 0 Å². The van der Waals surface area contributed by atoms with E-state index in [0.717, 1.165) is 11.1 Å². The molecule has 5 rings (SSSR count). The maximum absolute atomic E-state index is 13.5. The number of anilines is 1. The van der Waals surface area contributed by atoms with Crippen LogP contribution in [0.3, 0.4) is 0 Å². The van der Waals surface area contributed by atoms with E-state index in [1.54, 1.807) is 52.3 Å². The zero-order valence-electron chi connectivity index (χ0n) is 18.3. The Morgan fingerprint density at radius 2 is 1.41 bits per heavy atom. The minimum absolute atomic E-state index is 0.0374. The van der Waals surface area contributed by atoms with E-state index in [0.29, 0.717) is 43.5 Å². The van der Waals surface area contributed by atoms with Crippen molar-refractivity contribution in [2.75, 3.05) is 31.1 Å². The SMILES string of the molecule is O=C(Cn1nc(-c2ccc(F)cc2)cc1-c1ccc(F)cc1)N1CCN(c2ncccn2)CC1. The van der Waals surface area contributed by atoms with Crippen LogP contribution in [-0.2, 0) is 11.3 Å². The second kappa shape index (κ2) is 9.38. The molecule has 1 amide bonds. The number of piperazine rings is 1. The van der Waals surface area contributed by atoms with Gasteiger partial charge in [0.05, 0.1) is 11.4 Å². The topological polar surface area (TPSA) is 67.2 Å². The van der Waals surface area contributed by atoms with Gasteiger partial charge < -0.3 is 9.80 Å². The Morgan fingerprint density at radius 3 is 2.03 bits per heavy atom. The highest BCUT2D eigenvalue weighted by Crippen LogP contribution is 2.27. The van der Waals surface area contributed by atoms with E-state index in [2.05, 4.69) is 15.1 Å². The maximum Gasteiger partial charge on any atom is 0.244 e. The molecule has 2 aromatic heterocycles. The molecule has 0 aliphatic carbocycles. The summed E-state index contributed by atoms with van der Waals surface area (Å²) in [6.07, 6.45) is 3.40. The van der Waals surface area contributed by atoms with Gasteiger partial charge in [-0.25, -0.2) is 18.7 Å². The zero-order chi connectivity index (χ0) is 23.5. The van der Waals surface area contributed by atoms with Crippen molar-refractivity contribution in [1.82, 2.24) is 24.6 Å². The van der Waals surface area contributed by atoms with Crippen LogP contribution in [0.25, 0.3) is 22.5 Å². The fourth-order valence-electron chi connectivity index (χ4n) is 3.99. The molecule has 7 nitrogen and oxygen atoms in total. The Balaban J connectivity index is 1.36. The van der Waals surface area contributed by atoms with Gasteiger partial charge in [0, 0.05) is 49.7 Å². The minimum atomic E-state index is -0.343. The summed E-state index contributed by atoms with van der Waals surface area (Å²) < 4.78 is 28.5. The first-order valence-corrected chi connectivity index (χ1v) is 11.0. The third-order valence-electron chi connectivity index (χ3n) is 5.81. The molecule has 0 saturated carbocycles. The van der Waals surface area contributed by atoms with Gasteiger partial charge in [-0.05, 0) is 60.7 Å². The summed E-state index contributed by atoms with van der Waals surface area (Å²) in [6, 6.07) is 15.7. The summed E-state index contributed by atoms with van der Waals surface area (Å²) >= 11 is 0. The summed E-state index contributed by atoms with van der Waals surface area (Å²) in [5.41, 5.74) is 2.76. The number of hydrogen-bond acceptors (Lipinski definition) is 5. The van der Waals surface area contributed by atoms with Gasteiger partial charge in [-0.3, -0.25) is 9.48 Å². The predicted molar refractivity (Wildman–Crippen MR) is 124 cm³/mol. The molecular formula is C25H22F2N6O. The third-order valence-corrected chi connectivity index (χ3v) is 5.81. The summed E-state index contributed by atoms with van der Waals surface area (Å²) in [5, 5.41) is 4.63. The van der Waals surface area contributed by atoms with Gasteiger partial charge >= 0.3 is 0 Å². The second-order valence-corrected chi connectivity index (χ2v) is 8.00. The lowest BCUT2D eigenvalue weighted by atomic mass is 10.1. The Hall–Kier alpha value is -4.14. The van der Waals surface area contributed by atoms with Crippen molar-refractivity contribution in [3.05, 3.63) is 84.7 Å². The number of carbonyl (C=O) groups is 1. The quantitative estimate of drug-likeness (QED) is 0.455. The van der Waals surface area contributed by atoms with Crippen LogP contribution in [0.4, 0.5) is 14.7 Å². The number of rotatable bonds is 5. The van der Waals surface area contributed by atoms with Crippen LogP contribution in [0, 0.1) is 11.6 Å². The normalized spacial score (nSPS) is 13.8. The molecule has 0 spiro atoms. The number of nitrogens with zero attached hydrogens (tertiary/aromatic N) is 6. The third kappa shape index (κ3) is 4.63. The first-order valence-electron chi connectivity index (χ1n) is 11.0. The van der Waals surface area contributed by atoms with E-state index in [9.17, 15) is 13.6 Å². The standard InChI is InChI=1S/C25H22F2N6O/c26-20-6-2-18(3-7-20)22-16-23(19-4-8-21(27)9-5-19)33(30-22)17-24(34)31-12-14-32(15-13-31)25-28-10-1-11-29-25/h1-11,16H,12-15,17H2. The van der Waals surface area contributed by atoms with Gasteiger partial charge in [-0.15, -0.1) is 0 Å². The van der Waals surface area contributed by atoms with Crippen molar-refractivity contribution in [3.63, 3.8) is 0 Å². The minimum Gasteiger partial charge on any atom is -0.338 e. The van der Waals surface area contributed by atoms with Crippen molar-refractivity contribution in [3.8, 4) is 22.5 Å². The second-order valence-electron chi connectivity index (χ2n) is 8.00. The van der Waals surface area contributed by atoms with Gasteiger partial charge in [-0.1, -0.05) is 0 Å². The van der Waals surface area contributed by atoms with Gasteiger partial charge in [0.2, 0.25) is 11.9 Å². The number of halogens is 2. The van der Waals surface area contributed by atoms with Crippen molar-refractivity contribution >= 4 is 11.9 Å². The smallest absolute Gasteiger partial charge is 0.244 e. The van der Waals surface area contributed by atoms with E-state index in [-0.39, 0.29) is 24.1 Å². The summed E-state index contributed by atoms with van der Waals surface area (Å²) in [7, 11) is 0. The van der Waals surface area contributed by atoms with Gasteiger partial charge in [0.1, 0.15) is 18.2 Å². The Bertz CT molecular complexity index is 1270. The highest BCUT2D eigenvalue weighted by atomic mass is 19.1. The van der Waals surface area contributed by atoms with Crippen LogP contribution in [0.15, 0.2) is 73.1 Å². The molecule has 172 valence electrons. The first kappa shape index (κ1) is 21.7. The highest BCUT2D eigenvalue weighted by molar-refractivity contribution is 5.78. The molecule has 3 heterocycles. The number of carbonyl (C=O) groups excluding carboxylic acids is 1. The van der Waals surface area contributed by atoms with Crippen LogP contribution >= 0.6 is 0 Å². The van der Waals surface area contributed by atoms with E-state index in [1.807, 2.05) is 11.0 Å². The molecule has 0 N–H and O–H groups in total. The van der Waals surface area contributed by atoms with Crippen molar-refractivity contribution in [2.24, 2.45) is 0 Å². The molecule has 0 atom stereocenters. The average molecular weight is 460 g/mol. The first-order chi connectivity index (χ1) is 16.6. The molecule has 0 bridgehead atoms. The lowest BCUT2D eigenvalue weighted by Crippen LogP contribution is -2.50. The lowest BCUT2D eigenvalue weighted by molar-refractivity contribution is -0.132. The van der Waals surface area contributed by atoms with E-state index < -0.39 is 0 Å². The Kier molecular flexibility index (Phi) is 5.99. The van der Waals surface area contributed by atoms with Crippen LogP contribution in [-0.4, -0.2) is 56.7 Å². The molecule has 2 aromatic carbocycles. The summed E-state index contributed by atoms with van der Waals surface area (Å²) in [6.45, 7) is 2.42. The predicted octanol–water partition coefficient (Wildman–Crippen LogP) is 3.63. The largest absolute Gasteiger partial charge is 0.338 e. The van der Waals surface area contributed by atoms with Crippen LogP contribution in [0.2, 0.25) is 0 Å². The van der Waals surface area contributed by atoms with Crippen LogP contribution < -0.4 is 4.90 Å². The highest BCUT2D eigenvalue weighted by Gasteiger charge is 2.24. The number of benzene rings is 2. The molecule has 0 unspecified atom stereocenters. The fraction of sp³-hybridized carbons (Fsp3) is 0.200. The summed E-state index contributed by atoms with van der Waals surface area (Å²) in [4.78, 5) is 25.5. The van der Waals surface area contributed by atoms with Gasteiger partial charge in [0.15, 0.2) is 0 Å². The van der Waals surface area contributed by atoms with Crippen molar-refractivity contribution < 1.29 is 13.6 Å². The Morgan fingerprint density at radius 1 is 0.824 bits per heavy atom. The van der Waals surface area contributed by atoms with E-state index in [4.69, 9.17) is 0 Å². The fourth-order valence-corrected chi connectivity index (χ4v) is 3.99.